The van der Waals surface area contributed by atoms with E-state index in [1.54, 1.807) is 12.4 Å². The van der Waals surface area contributed by atoms with Crippen molar-refractivity contribution in [2.45, 2.75) is 69.2 Å². The van der Waals surface area contributed by atoms with Gasteiger partial charge in [0.05, 0.1) is 37.0 Å². The van der Waals surface area contributed by atoms with Gasteiger partial charge in [0, 0.05) is 0 Å². The Kier molecular flexibility index (Phi) is 28.0. The van der Waals surface area contributed by atoms with Gasteiger partial charge in [-0.3, -0.25) is 0 Å². The minimum Gasteiger partial charge on any atom is -0.494 e. The van der Waals surface area contributed by atoms with Crippen LogP contribution >= 0.6 is 15.8 Å². The van der Waals surface area contributed by atoms with Gasteiger partial charge in [0.2, 0.25) is 0 Å². The molecule has 4 nitrogen and oxygen atoms in total. The van der Waals surface area contributed by atoms with Crippen LogP contribution in [-0.4, -0.2) is 37.0 Å². The Morgan fingerprint density at radius 1 is 0.541 bits per heavy atom. The molecular weight excluding hydrogens is 537 g/mol. The van der Waals surface area contributed by atoms with E-state index in [1.807, 2.05) is 64.1 Å². The predicted molar refractivity (Wildman–Crippen MR) is 169 cm³/mol. The summed E-state index contributed by atoms with van der Waals surface area (Å²) < 4.78 is 0. The normalized spacial score (nSPS) is 9.14. The molecule has 0 saturated carbocycles. The Morgan fingerprint density at radius 3 is 0.892 bits per heavy atom. The minimum absolute atomic E-state index is 0. The molecule has 2 rings (SSSR count). The maximum atomic E-state index is 8.35. The zero-order valence-corrected chi connectivity index (χ0v) is 27.8. The summed E-state index contributed by atoms with van der Waals surface area (Å²) in [5.74, 6) is 0. The first-order valence-electron chi connectivity index (χ1n) is 13.2. The smallest absolute Gasteiger partial charge is 0.494 e. The summed E-state index contributed by atoms with van der Waals surface area (Å²) in [7, 11) is 0.275. The van der Waals surface area contributed by atoms with Gasteiger partial charge in [-0.15, -0.1) is 0 Å². The standard InChI is InChI=1S/2C9H9N2.2C6H15P.Ni/c2*1-7-4-3-5-8(2)9(7)11-6-10;2*1-4-7(5-2)6-3;/h2*3-5H,1-2H3;2*4-6H2,1-3H3;/q2*-1;;;+2/p+2. The Hall–Kier alpha value is -1.63. The first-order valence-corrected chi connectivity index (χ1v) is 17.4. The largest absolute Gasteiger partial charge is 2.00 e. The van der Waals surface area contributed by atoms with E-state index in [1.165, 1.54) is 37.0 Å². The monoisotopic (exact) mass is 586 g/mol. The number of aryl methyl sites for hydroxylation is 4. The van der Waals surface area contributed by atoms with Crippen LogP contribution in [0.3, 0.4) is 0 Å². The maximum absolute atomic E-state index is 8.35. The van der Waals surface area contributed by atoms with Crippen molar-refractivity contribution in [3.05, 3.63) is 69.3 Å². The van der Waals surface area contributed by atoms with Crippen LogP contribution in [0.2, 0.25) is 0 Å². The predicted octanol–water partition coefficient (Wildman–Crippen LogP) is 10.1. The fourth-order valence-corrected chi connectivity index (χ4v) is 6.56. The average molecular weight is 587 g/mol. The van der Waals surface area contributed by atoms with Crippen LogP contribution in [-0.2, 0) is 16.5 Å². The molecule has 0 spiro atoms. The van der Waals surface area contributed by atoms with Gasteiger partial charge in [0.15, 0.2) is 0 Å². The molecule has 0 radical (unpaired) electrons. The number of para-hydroxylation sites is 2. The molecule has 0 atom stereocenters. The molecule has 208 valence electrons. The van der Waals surface area contributed by atoms with E-state index < -0.39 is 0 Å². The third-order valence-corrected chi connectivity index (χ3v) is 12.2. The average Bonchev–Trinajstić information content (AvgIpc) is 2.87. The molecule has 7 heteroatoms. The van der Waals surface area contributed by atoms with Crippen molar-refractivity contribution >= 4 is 27.2 Å². The molecule has 0 amide bonds. The molecule has 0 aromatic heterocycles. The third-order valence-electron chi connectivity index (χ3n) is 6.20. The second-order valence-electron chi connectivity index (χ2n) is 8.53. The van der Waals surface area contributed by atoms with E-state index in [2.05, 4.69) is 52.2 Å². The molecule has 0 unspecified atom stereocenters. The van der Waals surface area contributed by atoms with Crippen LogP contribution in [0.5, 0.6) is 0 Å². The van der Waals surface area contributed by atoms with E-state index in [0.29, 0.717) is 0 Å². The molecule has 2 aromatic rings. The topological polar surface area (TPSA) is 75.8 Å². The molecule has 37 heavy (non-hydrogen) atoms. The van der Waals surface area contributed by atoms with Gasteiger partial charge in [-0.25, -0.2) is 0 Å². The summed E-state index contributed by atoms with van der Waals surface area (Å²) in [5.41, 5.74) is 5.79. The molecule has 2 aromatic carbocycles. The van der Waals surface area contributed by atoms with Gasteiger partial charge in [0.25, 0.3) is 0 Å². The Morgan fingerprint density at radius 2 is 0.757 bits per heavy atom. The molecular formula is C30H50N4NiP2+2. The molecule has 0 aliphatic heterocycles. The summed E-state index contributed by atoms with van der Waals surface area (Å²) in [6, 6.07) is 11.7. The Bertz CT molecular complexity index is 788. The number of nitriles is 2. The van der Waals surface area contributed by atoms with Crippen molar-refractivity contribution in [3.8, 4) is 12.4 Å². The summed E-state index contributed by atoms with van der Waals surface area (Å²) in [6.07, 6.45) is 12.3. The van der Waals surface area contributed by atoms with Crippen LogP contribution < -0.4 is 0 Å². The number of hydrogen-bond acceptors (Lipinski definition) is 2. The fourth-order valence-electron chi connectivity index (χ4n) is 3.56. The second-order valence-corrected chi connectivity index (χ2v) is 15.8. The zero-order chi connectivity index (χ0) is 27.9. The molecule has 0 fully saturated rings. The summed E-state index contributed by atoms with van der Waals surface area (Å²) in [6.45, 7) is 21.6. The molecule has 0 aliphatic rings. The summed E-state index contributed by atoms with van der Waals surface area (Å²) >= 11 is 0. The van der Waals surface area contributed by atoms with Crippen LogP contribution in [0.25, 0.3) is 10.6 Å². The van der Waals surface area contributed by atoms with E-state index in [4.69, 9.17) is 10.5 Å². The molecule has 0 aliphatic carbocycles. The number of rotatable bonds is 8. The Balaban J connectivity index is -0.000000424. The Labute approximate surface area is 241 Å². The van der Waals surface area contributed by atoms with Gasteiger partial charge in [-0.05, 0) is 119 Å². The quantitative estimate of drug-likeness (QED) is 0.175. The SMILES string of the molecule is CC[PH+](CC)CC.CC[PH+](CC)CC.Cc1cccc(C)c1[N-]C#N.Cc1cccc(C)c1[N-]C#N.[Ni+2]. The van der Waals surface area contributed by atoms with Crippen molar-refractivity contribution < 1.29 is 16.5 Å². The molecule has 0 heterocycles. The van der Waals surface area contributed by atoms with Crippen molar-refractivity contribution in [1.82, 2.24) is 0 Å². The van der Waals surface area contributed by atoms with Crippen molar-refractivity contribution in [2.24, 2.45) is 0 Å². The van der Waals surface area contributed by atoms with Crippen LogP contribution in [0, 0.1) is 50.6 Å². The van der Waals surface area contributed by atoms with E-state index in [-0.39, 0.29) is 32.3 Å². The maximum Gasteiger partial charge on any atom is 2.00 e. The van der Waals surface area contributed by atoms with Gasteiger partial charge >= 0.3 is 16.5 Å². The molecule has 0 N–H and O–H groups in total. The van der Waals surface area contributed by atoms with Crippen LogP contribution in [0.15, 0.2) is 36.4 Å². The zero-order valence-electron chi connectivity index (χ0n) is 24.8. The first kappa shape index (κ1) is 39.9. The van der Waals surface area contributed by atoms with Gasteiger partial charge < -0.3 is 21.2 Å². The van der Waals surface area contributed by atoms with Gasteiger partial charge in [-0.2, -0.15) is 0 Å². The molecule has 0 saturated heterocycles. The third kappa shape index (κ3) is 18.3. The fraction of sp³-hybridized carbons (Fsp3) is 0.533. The van der Waals surface area contributed by atoms with Gasteiger partial charge in [0.1, 0.15) is 0 Å². The van der Waals surface area contributed by atoms with Crippen molar-refractivity contribution in [3.63, 3.8) is 0 Å². The van der Waals surface area contributed by atoms with Crippen molar-refractivity contribution in [1.29, 1.82) is 10.5 Å². The van der Waals surface area contributed by atoms with E-state index in [9.17, 15) is 0 Å². The number of hydrogen-bond donors (Lipinski definition) is 0. The van der Waals surface area contributed by atoms with Crippen LogP contribution in [0.1, 0.15) is 63.8 Å². The first-order chi connectivity index (χ1) is 17.2. The number of benzene rings is 2. The summed E-state index contributed by atoms with van der Waals surface area (Å²) in [5, 5.41) is 24.1. The summed E-state index contributed by atoms with van der Waals surface area (Å²) in [4.78, 5) is 0. The van der Waals surface area contributed by atoms with E-state index >= 15 is 0 Å². The second kappa shape index (κ2) is 26.0. The van der Waals surface area contributed by atoms with Crippen LogP contribution in [0.4, 0.5) is 11.4 Å². The van der Waals surface area contributed by atoms with Crippen molar-refractivity contribution in [2.75, 3.05) is 37.0 Å². The van der Waals surface area contributed by atoms with E-state index in [0.717, 1.165) is 33.6 Å². The van der Waals surface area contributed by atoms with Gasteiger partial charge in [-0.1, -0.05) is 48.8 Å². The number of nitrogens with zero attached hydrogens (tertiary/aromatic N) is 4. The minimum atomic E-state index is 0. The molecule has 0 bridgehead atoms.